The molecule has 1 heterocycles. The van der Waals surface area contributed by atoms with Gasteiger partial charge in [0.05, 0.1) is 7.11 Å². The molecule has 1 aromatic rings. The van der Waals surface area contributed by atoms with Crippen LogP contribution in [0, 0.1) is 5.92 Å². The Bertz CT molecular complexity index is 369. The monoisotopic (exact) mass is 284 g/mol. The van der Waals surface area contributed by atoms with E-state index in [1.807, 2.05) is 12.1 Å². The summed E-state index contributed by atoms with van der Waals surface area (Å²) in [4.78, 5) is 2.56. The van der Waals surface area contributed by atoms with Gasteiger partial charge in [-0.3, -0.25) is 4.90 Å². The normalized spacial score (nSPS) is 23.1. The molecule has 2 atom stereocenters. The molecule has 0 bridgehead atoms. The summed E-state index contributed by atoms with van der Waals surface area (Å²) < 4.78 is 5.17. The van der Waals surface area contributed by atoms with E-state index >= 15 is 0 Å². The number of methoxy groups -OCH3 is 1. The average molecular weight is 285 g/mol. The Morgan fingerprint density at radius 1 is 1.32 bits per heavy atom. The first-order valence-electron chi connectivity index (χ1n) is 6.80. The molecular weight excluding hydrogens is 260 g/mol. The minimum absolute atomic E-state index is 0. The van der Waals surface area contributed by atoms with Crippen molar-refractivity contribution in [3.8, 4) is 5.75 Å². The van der Waals surface area contributed by atoms with Crippen molar-refractivity contribution in [2.24, 2.45) is 11.7 Å². The van der Waals surface area contributed by atoms with Crippen LogP contribution in [0.5, 0.6) is 5.75 Å². The van der Waals surface area contributed by atoms with Gasteiger partial charge in [-0.05, 0) is 49.9 Å². The highest BCUT2D eigenvalue weighted by Gasteiger charge is 2.27. The van der Waals surface area contributed by atoms with Gasteiger partial charge in [0.15, 0.2) is 0 Å². The van der Waals surface area contributed by atoms with Crippen LogP contribution in [-0.4, -0.2) is 37.7 Å². The molecule has 1 aliphatic rings. The number of hydrogen-bond acceptors (Lipinski definition) is 3. The van der Waals surface area contributed by atoms with E-state index in [2.05, 4.69) is 24.0 Å². The third-order valence-electron chi connectivity index (χ3n) is 3.97. The standard InChI is InChI=1S/C15H24N2O.ClH/c1-12-9-14(10-16)11-17(12)8-7-13-3-5-15(18-2)6-4-13;/h3-6,12,14H,7-11,16H2,1-2H3;1H. The number of rotatable bonds is 5. The molecule has 0 spiro atoms. The zero-order valence-corrected chi connectivity index (χ0v) is 12.7. The molecular formula is C15H25ClN2O. The summed E-state index contributed by atoms with van der Waals surface area (Å²) in [5.41, 5.74) is 7.13. The fourth-order valence-corrected chi connectivity index (χ4v) is 2.76. The fraction of sp³-hybridized carbons (Fsp3) is 0.600. The van der Waals surface area contributed by atoms with Gasteiger partial charge in [-0.1, -0.05) is 12.1 Å². The van der Waals surface area contributed by atoms with Crippen LogP contribution < -0.4 is 10.5 Å². The Morgan fingerprint density at radius 3 is 2.53 bits per heavy atom. The second-order valence-electron chi connectivity index (χ2n) is 5.28. The van der Waals surface area contributed by atoms with E-state index in [1.165, 1.54) is 12.0 Å². The smallest absolute Gasteiger partial charge is 0.118 e. The average Bonchev–Trinajstić information content (AvgIpc) is 2.77. The van der Waals surface area contributed by atoms with Crippen molar-refractivity contribution in [1.29, 1.82) is 0 Å². The second-order valence-corrected chi connectivity index (χ2v) is 5.28. The molecule has 1 aromatic carbocycles. The quantitative estimate of drug-likeness (QED) is 0.902. The first kappa shape index (κ1) is 16.3. The highest BCUT2D eigenvalue weighted by molar-refractivity contribution is 5.85. The lowest BCUT2D eigenvalue weighted by Crippen LogP contribution is -2.30. The summed E-state index contributed by atoms with van der Waals surface area (Å²) in [7, 11) is 1.70. The Kier molecular flexibility index (Phi) is 6.63. The van der Waals surface area contributed by atoms with E-state index in [0.29, 0.717) is 12.0 Å². The van der Waals surface area contributed by atoms with Gasteiger partial charge in [0, 0.05) is 19.1 Å². The number of benzene rings is 1. The molecule has 0 aromatic heterocycles. The molecule has 2 unspecified atom stereocenters. The SMILES string of the molecule is COc1ccc(CCN2CC(CN)CC2C)cc1.Cl. The van der Waals surface area contributed by atoms with E-state index in [4.69, 9.17) is 10.5 Å². The molecule has 0 saturated carbocycles. The summed E-state index contributed by atoms with van der Waals surface area (Å²) in [6, 6.07) is 9.05. The lowest BCUT2D eigenvalue weighted by atomic mass is 10.1. The fourth-order valence-electron chi connectivity index (χ4n) is 2.76. The molecule has 0 radical (unpaired) electrons. The predicted octanol–water partition coefficient (Wildman–Crippen LogP) is 2.33. The van der Waals surface area contributed by atoms with Gasteiger partial charge in [-0.15, -0.1) is 12.4 Å². The molecule has 0 amide bonds. The van der Waals surface area contributed by atoms with Gasteiger partial charge < -0.3 is 10.5 Å². The van der Waals surface area contributed by atoms with Gasteiger partial charge in [-0.2, -0.15) is 0 Å². The Morgan fingerprint density at radius 2 is 2.00 bits per heavy atom. The van der Waals surface area contributed by atoms with Crippen LogP contribution >= 0.6 is 12.4 Å². The van der Waals surface area contributed by atoms with Crippen molar-refractivity contribution in [1.82, 2.24) is 4.90 Å². The topological polar surface area (TPSA) is 38.5 Å². The lowest BCUT2D eigenvalue weighted by molar-refractivity contribution is 0.268. The van der Waals surface area contributed by atoms with Crippen LogP contribution in [0.4, 0.5) is 0 Å². The minimum atomic E-state index is 0. The van der Waals surface area contributed by atoms with E-state index in [-0.39, 0.29) is 12.4 Å². The number of ether oxygens (including phenoxy) is 1. The maximum absolute atomic E-state index is 5.76. The third kappa shape index (κ3) is 4.37. The summed E-state index contributed by atoms with van der Waals surface area (Å²) in [5.74, 6) is 1.62. The molecule has 19 heavy (non-hydrogen) atoms. The summed E-state index contributed by atoms with van der Waals surface area (Å²) >= 11 is 0. The number of hydrogen-bond donors (Lipinski definition) is 1. The summed E-state index contributed by atoms with van der Waals surface area (Å²) in [5, 5.41) is 0. The van der Waals surface area contributed by atoms with Crippen molar-refractivity contribution < 1.29 is 4.74 Å². The number of nitrogens with two attached hydrogens (primary N) is 1. The molecule has 108 valence electrons. The van der Waals surface area contributed by atoms with Crippen LogP contribution in [0.25, 0.3) is 0 Å². The molecule has 2 N–H and O–H groups in total. The van der Waals surface area contributed by atoms with Crippen molar-refractivity contribution >= 4 is 12.4 Å². The van der Waals surface area contributed by atoms with Crippen LogP contribution in [0.3, 0.4) is 0 Å². The van der Waals surface area contributed by atoms with Gasteiger partial charge >= 0.3 is 0 Å². The maximum Gasteiger partial charge on any atom is 0.118 e. The van der Waals surface area contributed by atoms with Crippen LogP contribution in [0.15, 0.2) is 24.3 Å². The zero-order valence-electron chi connectivity index (χ0n) is 11.8. The first-order chi connectivity index (χ1) is 8.72. The summed E-state index contributed by atoms with van der Waals surface area (Å²) in [6.45, 7) is 5.42. The Balaban J connectivity index is 0.00000180. The number of likely N-dealkylation sites (tertiary alicyclic amines) is 1. The first-order valence-corrected chi connectivity index (χ1v) is 6.80. The summed E-state index contributed by atoms with van der Waals surface area (Å²) in [6.07, 6.45) is 2.35. The van der Waals surface area contributed by atoms with E-state index in [0.717, 1.165) is 31.8 Å². The number of halogens is 1. The largest absolute Gasteiger partial charge is 0.497 e. The van der Waals surface area contributed by atoms with Gasteiger partial charge in [0.1, 0.15) is 5.75 Å². The van der Waals surface area contributed by atoms with Crippen molar-refractivity contribution in [3.63, 3.8) is 0 Å². The zero-order chi connectivity index (χ0) is 13.0. The lowest BCUT2D eigenvalue weighted by Gasteiger charge is -2.20. The van der Waals surface area contributed by atoms with Gasteiger partial charge in [0.2, 0.25) is 0 Å². The van der Waals surface area contributed by atoms with E-state index < -0.39 is 0 Å². The van der Waals surface area contributed by atoms with Gasteiger partial charge in [-0.25, -0.2) is 0 Å². The predicted molar refractivity (Wildman–Crippen MR) is 82.1 cm³/mol. The molecule has 1 fully saturated rings. The van der Waals surface area contributed by atoms with Crippen molar-refractivity contribution in [2.45, 2.75) is 25.8 Å². The molecule has 0 aliphatic carbocycles. The van der Waals surface area contributed by atoms with E-state index in [9.17, 15) is 0 Å². The molecule has 1 aliphatic heterocycles. The highest BCUT2D eigenvalue weighted by atomic mass is 35.5. The highest BCUT2D eigenvalue weighted by Crippen LogP contribution is 2.22. The van der Waals surface area contributed by atoms with Gasteiger partial charge in [0.25, 0.3) is 0 Å². The molecule has 2 rings (SSSR count). The molecule has 1 saturated heterocycles. The number of nitrogens with zero attached hydrogens (tertiary/aromatic N) is 1. The van der Waals surface area contributed by atoms with Crippen molar-refractivity contribution in [3.05, 3.63) is 29.8 Å². The molecule has 4 heteroatoms. The maximum atomic E-state index is 5.76. The van der Waals surface area contributed by atoms with Crippen LogP contribution in [0.2, 0.25) is 0 Å². The Hall–Kier alpha value is -0.770. The van der Waals surface area contributed by atoms with Crippen LogP contribution in [0.1, 0.15) is 18.9 Å². The second kappa shape index (κ2) is 7.73. The third-order valence-corrected chi connectivity index (χ3v) is 3.97. The minimum Gasteiger partial charge on any atom is -0.497 e. The van der Waals surface area contributed by atoms with E-state index in [1.54, 1.807) is 7.11 Å². The van der Waals surface area contributed by atoms with Crippen LogP contribution in [-0.2, 0) is 6.42 Å². The van der Waals surface area contributed by atoms with Crippen molar-refractivity contribution in [2.75, 3.05) is 26.7 Å². The molecule has 3 nitrogen and oxygen atoms in total. The Labute approximate surface area is 122 Å².